The van der Waals surface area contributed by atoms with E-state index in [9.17, 15) is 0 Å². The zero-order chi connectivity index (χ0) is 12.5. The zero-order valence-corrected chi connectivity index (χ0v) is 11.5. The van der Waals surface area contributed by atoms with Crippen LogP contribution in [0.2, 0.25) is 0 Å². The highest BCUT2D eigenvalue weighted by Gasteiger charge is 2.22. The summed E-state index contributed by atoms with van der Waals surface area (Å²) in [7, 11) is 0. The van der Waals surface area contributed by atoms with Crippen molar-refractivity contribution in [2.75, 3.05) is 39.5 Å². The summed E-state index contributed by atoms with van der Waals surface area (Å²) in [4.78, 5) is 2.39. The average Bonchev–Trinajstić information content (AvgIpc) is 2.30. The second-order valence-electron chi connectivity index (χ2n) is 4.32. The van der Waals surface area contributed by atoms with Gasteiger partial charge in [0.05, 0.1) is 6.10 Å². The van der Waals surface area contributed by atoms with Crippen LogP contribution in [0.3, 0.4) is 0 Å². The maximum atomic E-state index is 5.69. The van der Waals surface area contributed by atoms with Gasteiger partial charge in [0, 0.05) is 32.9 Å². The van der Waals surface area contributed by atoms with Crippen molar-refractivity contribution in [1.82, 2.24) is 4.90 Å². The molecule has 1 unspecified atom stereocenters. The minimum atomic E-state index is -0.0922. The number of rotatable bonds is 8. The van der Waals surface area contributed by atoms with E-state index in [4.69, 9.17) is 14.2 Å². The fraction of sp³-hybridized carbons (Fsp3) is 1.00. The normalized spacial score (nSPS) is 22.2. The first-order valence-electron chi connectivity index (χ1n) is 6.87. The third kappa shape index (κ3) is 5.82. The van der Waals surface area contributed by atoms with Gasteiger partial charge in [0.1, 0.15) is 0 Å². The molecule has 0 amide bonds. The van der Waals surface area contributed by atoms with Gasteiger partial charge in [-0.2, -0.15) is 0 Å². The smallest absolute Gasteiger partial charge is 0.170 e. The van der Waals surface area contributed by atoms with Crippen LogP contribution in [-0.2, 0) is 14.2 Å². The molecule has 1 rings (SSSR count). The molecule has 4 nitrogen and oxygen atoms in total. The summed E-state index contributed by atoms with van der Waals surface area (Å²) in [6, 6.07) is 0. The van der Waals surface area contributed by atoms with Gasteiger partial charge in [-0.25, -0.2) is 0 Å². The van der Waals surface area contributed by atoms with Crippen LogP contribution in [0.15, 0.2) is 0 Å². The second-order valence-corrected chi connectivity index (χ2v) is 4.32. The van der Waals surface area contributed by atoms with Crippen molar-refractivity contribution in [3.05, 3.63) is 0 Å². The first kappa shape index (κ1) is 14.9. The Morgan fingerprint density at radius 1 is 1.12 bits per heavy atom. The first-order chi connectivity index (χ1) is 8.30. The Kier molecular flexibility index (Phi) is 7.77. The Balaban J connectivity index is 2.32. The van der Waals surface area contributed by atoms with Crippen molar-refractivity contribution in [1.29, 1.82) is 0 Å². The predicted molar refractivity (Wildman–Crippen MR) is 68.1 cm³/mol. The predicted octanol–water partition coefficient (Wildman–Crippen LogP) is 1.89. The number of piperidine rings is 1. The molecule has 0 saturated carbocycles. The van der Waals surface area contributed by atoms with E-state index in [0.29, 0.717) is 19.3 Å². The number of hydrogen-bond acceptors (Lipinski definition) is 4. The molecule has 0 radical (unpaired) electrons. The molecule has 0 spiro atoms. The molecule has 1 atom stereocenters. The molecule has 1 saturated heterocycles. The van der Waals surface area contributed by atoms with E-state index in [1.807, 2.05) is 13.8 Å². The molecule has 0 N–H and O–H groups in total. The highest BCUT2D eigenvalue weighted by Crippen LogP contribution is 2.14. The molecule has 17 heavy (non-hydrogen) atoms. The Labute approximate surface area is 105 Å². The third-order valence-electron chi connectivity index (χ3n) is 2.98. The van der Waals surface area contributed by atoms with Crippen LogP contribution in [-0.4, -0.2) is 56.7 Å². The van der Waals surface area contributed by atoms with Gasteiger partial charge in [0.2, 0.25) is 0 Å². The van der Waals surface area contributed by atoms with Crippen molar-refractivity contribution in [3.63, 3.8) is 0 Å². The number of hydrogen-bond donors (Lipinski definition) is 0. The van der Waals surface area contributed by atoms with Gasteiger partial charge in [-0.1, -0.05) is 0 Å². The van der Waals surface area contributed by atoms with Crippen molar-refractivity contribution in [2.45, 2.75) is 46.0 Å². The summed E-state index contributed by atoms with van der Waals surface area (Å²) in [5.41, 5.74) is 0. The van der Waals surface area contributed by atoms with E-state index in [0.717, 1.165) is 26.2 Å². The van der Waals surface area contributed by atoms with Crippen LogP contribution < -0.4 is 0 Å². The summed E-state index contributed by atoms with van der Waals surface area (Å²) in [5.74, 6) is 0. The van der Waals surface area contributed by atoms with Crippen molar-refractivity contribution in [3.8, 4) is 0 Å². The summed E-state index contributed by atoms with van der Waals surface area (Å²) in [6.07, 6.45) is 2.68. The highest BCUT2D eigenvalue weighted by molar-refractivity contribution is 4.74. The molecule has 0 aliphatic carbocycles. The molecule has 0 aromatic carbocycles. The van der Waals surface area contributed by atoms with Gasteiger partial charge in [-0.15, -0.1) is 0 Å². The lowest BCUT2D eigenvalue weighted by Crippen LogP contribution is -2.44. The van der Waals surface area contributed by atoms with Crippen LogP contribution in [0.25, 0.3) is 0 Å². The lowest BCUT2D eigenvalue weighted by atomic mass is 10.1. The van der Waals surface area contributed by atoms with E-state index in [1.54, 1.807) is 0 Å². The van der Waals surface area contributed by atoms with Gasteiger partial charge in [0.25, 0.3) is 0 Å². The molecule has 1 aliphatic rings. The maximum Gasteiger partial charge on any atom is 0.170 e. The largest absolute Gasteiger partial charge is 0.377 e. The summed E-state index contributed by atoms with van der Waals surface area (Å²) >= 11 is 0. The molecule has 1 fully saturated rings. The fourth-order valence-electron chi connectivity index (χ4n) is 2.29. The van der Waals surface area contributed by atoms with Crippen molar-refractivity contribution >= 4 is 0 Å². The van der Waals surface area contributed by atoms with Crippen molar-refractivity contribution in [2.24, 2.45) is 0 Å². The van der Waals surface area contributed by atoms with Crippen molar-refractivity contribution < 1.29 is 14.2 Å². The number of nitrogens with zero attached hydrogens (tertiary/aromatic N) is 1. The molecule has 0 bridgehead atoms. The Morgan fingerprint density at radius 3 is 2.41 bits per heavy atom. The van der Waals surface area contributed by atoms with E-state index in [2.05, 4.69) is 11.8 Å². The molecule has 0 aromatic heterocycles. The van der Waals surface area contributed by atoms with Crippen LogP contribution >= 0.6 is 0 Å². The van der Waals surface area contributed by atoms with Crippen LogP contribution in [0.4, 0.5) is 0 Å². The Hall–Kier alpha value is -0.160. The Bertz CT molecular complexity index is 182. The SMILES string of the molecule is CCOC1CCCN(CC(OCC)OCC)C1. The minimum absolute atomic E-state index is 0.0922. The lowest BCUT2D eigenvalue weighted by molar-refractivity contribution is -0.152. The van der Waals surface area contributed by atoms with E-state index in [1.165, 1.54) is 12.8 Å². The zero-order valence-electron chi connectivity index (χ0n) is 11.5. The summed E-state index contributed by atoms with van der Waals surface area (Å²) < 4.78 is 16.8. The number of ether oxygens (including phenoxy) is 3. The van der Waals surface area contributed by atoms with Crippen LogP contribution in [0.5, 0.6) is 0 Å². The van der Waals surface area contributed by atoms with Gasteiger partial charge in [-0.3, -0.25) is 4.90 Å². The molecule has 1 aliphatic heterocycles. The summed E-state index contributed by atoms with van der Waals surface area (Å²) in [5, 5.41) is 0. The number of likely N-dealkylation sites (tertiary alicyclic amines) is 1. The van der Waals surface area contributed by atoms with Crippen LogP contribution in [0, 0.1) is 0 Å². The molecular weight excluding hydrogens is 218 g/mol. The first-order valence-corrected chi connectivity index (χ1v) is 6.87. The summed E-state index contributed by atoms with van der Waals surface area (Å²) in [6.45, 7) is 11.3. The topological polar surface area (TPSA) is 30.9 Å². The minimum Gasteiger partial charge on any atom is -0.377 e. The van der Waals surface area contributed by atoms with Crippen LogP contribution in [0.1, 0.15) is 33.6 Å². The maximum absolute atomic E-state index is 5.69. The fourth-order valence-corrected chi connectivity index (χ4v) is 2.29. The monoisotopic (exact) mass is 245 g/mol. The van der Waals surface area contributed by atoms with E-state index >= 15 is 0 Å². The Morgan fingerprint density at radius 2 is 1.82 bits per heavy atom. The van der Waals surface area contributed by atoms with Gasteiger partial charge in [0.15, 0.2) is 6.29 Å². The quantitative estimate of drug-likeness (QED) is 0.611. The van der Waals surface area contributed by atoms with Gasteiger partial charge >= 0.3 is 0 Å². The average molecular weight is 245 g/mol. The highest BCUT2D eigenvalue weighted by atomic mass is 16.7. The second kappa shape index (κ2) is 8.86. The van der Waals surface area contributed by atoms with E-state index < -0.39 is 0 Å². The standard InChI is InChI=1S/C13H27NO3/c1-4-15-12-8-7-9-14(10-12)11-13(16-5-2)17-6-3/h12-13H,4-11H2,1-3H3. The van der Waals surface area contributed by atoms with Gasteiger partial charge < -0.3 is 14.2 Å². The molecule has 1 heterocycles. The third-order valence-corrected chi connectivity index (χ3v) is 2.98. The molecule has 4 heteroatoms. The molecule has 0 aromatic rings. The molecular formula is C13H27NO3. The van der Waals surface area contributed by atoms with Gasteiger partial charge in [-0.05, 0) is 40.2 Å². The molecule has 102 valence electrons. The lowest BCUT2D eigenvalue weighted by Gasteiger charge is -2.34. The van der Waals surface area contributed by atoms with E-state index in [-0.39, 0.29) is 6.29 Å².